The number of hydrogen-bond donors (Lipinski definition) is 1. The van der Waals surface area contributed by atoms with Crippen molar-refractivity contribution in [2.24, 2.45) is 0 Å². The Balaban J connectivity index is 1.49. The Labute approximate surface area is 154 Å². The Morgan fingerprint density at radius 2 is 2.08 bits per heavy atom. The van der Waals surface area contributed by atoms with Crippen LogP contribution in [-0.2, 0) is 17.6 Å². The van der Waals surface area contributed by atoms with E-state index in [2.05, 4.69) is 15.4 Å². The molecule has 0 unspecified atom stereocenters. The van der Waals surface area contributed by atoms with Gasteiger partial charge in [0, 0.05) is 24.2 Å². The van der Waals surface area contributed by atoms with Crippen molar-refractivity contribution >= 4 is 27.5 Å². The van der Waals surface area contributed by atoms with Gasteiger partial charge in [0.2, 0.25) is 5.91 Å². The monoisotopic (exact) mass is 378 g/mol. The lowest BCUT2D eigenvalue weighted by atomic mass is 10.1. The zero-order valence-corrected chi connectivity index (χ0v) is 15.4. The van der Waals surface area contributed by atoms with Crippen LogP contribution < -0.4 is 5.32 Å². The van der Waals surface area contributed by atoms with Crippen LogP contribution in [0.1, 0.15) is 34.9 Å². The number of aryl methyl sites for hydroxylation is 2. The molecule has 0 bridgehead atoms. The highest BCUT2D eigenvalue weighted by Gasteiger charge is 2.19. The smallest absolute Gasteiger partial charge is 0.333 e. The molecule has 5 nitrogen and oxygen atoms in total. The van der Waals surface area contributed by atoms with Crippen LogP contribution >= 0.6 is 11.3 Å². The molecule has 3 aromatic rings. The fourth-order valence-electron chi connectivity index (χ4n) is 2.86. The molecule has 2 heterocycles. The van der Waals surface area contributed by atoms with Gasteiger partial charge in [0.15, 0.2) is 0 Å². The number of carbonyl (C=O) groups is 1. The normalized spacial score (nSPS) is 11.4. The summed E-state index contributed by atoms with van der Waals surface area (Å²) in [4.78, 5) is 16.7. The predicted octanol–water partition coefficient (Wildman–Crippen LogP) is 3.80. The Bertz CT molecular complexity index is 886. The first-order valence-corrected chi connectivity index (χ1v) is 9.21. The number of benzene rings is 1. The van der Waals surface area contributed by atoms with E-state index in [9.17, 15) is 13.6 Å². The lowest BCUT2D eigenvalue weighted by Gasteiger charge is -2.06. The van der Waals surface area contributed by atoms with E-state index in [4.69, 9.17) is 0 Å². The molecule has 0 radical (unpaired) electrons. The van der Waals surface area contributed by atoms with E-state index in [0.717, 1.165) is 28.1 Å². The van der Waals surface area contributed by atoms with Gasteiger partial charge >= 0.3 is 6.55 Å². The molecule has 0 aliphatic heterocycles. The van der Waals surface area contributed by atoms with E-state index in [1.807, 2.05) is 24.3 Å². The summed E-state index contributed by atoms with van der Waals surface area (Å²) in [6.07, 6.45) is 1.63. The second-order valence-corrected chi connectivity index (χ2v) is 7.19. The van der Waals surface area contributed by atoms with Gasteiger partial charge in [0.05, 0.1) is 27.3 Å². The second-order valence-electron chi connectivity index (χ2n) is 6.08. The van der Waals surface area contributed by atoms with Gasteiger partial charge in [0.25, 0.3) is 0 Å². The number of thiazole rings is 1. The number of halogens is 2. The third-order valence-corrected chi connectivity index (χ3v) is 5.32. The minimum Gasteiger partial charge on any atom is -0.356 e. The van der Waals surface area contributed by atoms with Crippen LogP contribution in [0, 0.1) is 13.8 Å². The molecule has 1 aromatic carbocycles. The largest absolute Gasteiger partial charge is 0.356 e. The van der Waals surface area contributed by atoms with Crippen molar-refractivity contribution in [3.8, 4) is 0 Å². The van der Waals surface area contributed by atoms with Gasteiger partial charge in [0.1, 0.15) is 0 Å². The number of fused-ring (bicyclic) bond motifs is 1. The number of hydrogen-bond acceptors (Lipinski definition) is 4. The van der Waals surface area contributed by atoms with Crippen LogP contribution in [0.2, 0.25) is 0 Å². The number of aromatic nitrogens is 3. The molecule has 8 heteroatoms. The van der Waals surface area contributed by atoms with Gasteiger partial charge in [-0.25, -0.2) is 9.67 Å². The van der Waals surface area contributed by atoms with Crippen molar-refractivity contribution < 1.29 is 13.6 Å². The summed E-state index contributed by atoms with van der Waals surface area (Å²) in [5.74, 6) is -0.186. The summed E-state index contributed by atoms with van der Waals surface area (Å²) in [5, 5.41) is 7.69. The Hall–Kier alpha value is -2.35. The molecule has 1 N–H and O–H groups in total. The fourth-order valence-corrected chi connectivity index (χ4v) is 3.87. The molecule has 1 amide bonds. The van der Waals surface area contributed by atoms with Crippen LogP contribution in [-0.4, -0.2) is 27.2 Å². The number of carbonyl (C=O) groups excluding carboxylic acids is 1. The van der Waals surface area contributed by atoms with Gasteiger partial charge in [-0.2, -0.15) is 13.9 Å². The van der Waals surface area contributed by atoms with Crippen molar-refractivity contribution in [2.45, 2.75) is 39.7 Å². The maximum atomic E-state index is 12.8. The molecule has 0 atom stereocenters. The van der Waals surface area contributed by atoms with E-state index in [-0.39, 0.29) is 12.3 Å². The number of para-hydroxylation sites is 1. The summed E-state index contributed by atoms with van der Waals surface area (Å²) in [5.41, 5.74) is 2.36. The van der Waals surface area contributed by atoms with E-state index >= 15 is 0 Å². The Morgan fingerprint density at radius 3 is 2.77 bits per heavy atom. The summed E-state index contributed by atoms with van der Waals surface area (Å²) >= 11 is 1.66. The van der Waals surface area contributed by atoms with E-state index in [1.165, 1.54) is 0 Å². The van der Waals surface area contributed by atoms with Crippen molar-refractivity contribution in [1.29, 1.82) is 0 Å². The summed E-state index contributed by atoms with van der Waals surface area (Å²) in [7, 11) is 0. The number of amides is 1. The molecule has 0 spiro atoms. The predicted molar refractivity (Wildman–Crippen MR) is 97.6 cm³/mol. The molecule has 0 saturated carbocycles. The van der Waals surface area contributed by atoms with Gasteiger partial charge in [-0.15, -0.1) is 11.3 Å². The molecule has 26 heavy (non-hydrogen) atoms. The third kappa shape index (κ3) is 4.07. The molecule has 0 aliphatic carbocycles. The van der Waals surface area contributed by atoms with Crippen LogP contribution in [0.5, 0.6) is 0 Å². The minimum absolute atomic E-state index is 0.0610. The lowest BCUT2D eigenvalue weighted by molar-refractivity contribution is -0.120. The Kier molecular flexibility index (Phi) is 5.61. The molecule has 2 aromatic heterocycles. The van der Waals surface area contributed by atoms with Crippen molar-refractivity contribution in [1.82, 2.24) is 20.1 Å². The highest BCUT2D eigenvalue weighted by Crippen LogP contribution is 2.22. The quantitative estimate of drug-likeness (QED) is 0.636. The first kappa shape index (κ1) is 18.4. The number of rotatable bonds is 7. The van der Waals surface area contributed by atoms with Crippen molar-refractivity contribution in [3.05, 3.63) is 46.2 Å². The minimum atomic E-state index is -2.70. The summed E-state index contributed by atoms with van der Waals surface area (Å²) in [6.45, 7) is 1.03. The maximum Gasteiger partial charge on any atom is 0.333 e. The van der Waals surface area contributed by atoms with Gasteiger partial charge < -0.3 is 5.32 Å². The van der Waals surface area contributed by atoms with E-state index in [0.29, 0.717) is 28.2 Å². The SMILES string of the molecule is Cc1nn(C(F)F)c(C)c1CC(=O)NCCCc1nc2ccccc2s1. The molecule has 3 rings (SSSR count). The van der Waals surface area contributed by atoms with Crippen LogP contribution in [0.25, 0.3) is 10.2 Å². The van der Waals surface area contributed by atoms with Crippen LogP contribution in [0.4, 0.5) is 8.78 Å². The van der Waals surface area contributed by atoms with Crippen molar-refractivity contribution in [3.63, 3.8) is 0 Å². The fraction of sp³-hybridized carbons (Fsp3) is 0.389. The molecular weight excluding hydrogens is 358 g/mol. The van der Waals surface area contributed by atoms with Gasteiger partial charge in [-0.1, -0.05) is 12.1 Å². The highest BCUT2D eigenvalue weighted by molar-refractivity contribution is 7.18. The first-order valence-electron chi connectivity index (χ1n) is 8.39. The number of nitrogens with one attached hydrogen (secondary N) is 1. The zero-order chi connectivity index (χ0) is 18.7. The Morgan fingerprint density at radius 1 is 1.31 bits per heavy atom. The lowest BCUT2D eigenvalue weighted by Crippen LogP contribution is -2.26. The zero-order valence-electron chi connectivity index (χ0n) is 14.6. The average Bonchev–Trinajstić information content (AvgIpc) is 3.14. The molecule has 0 aliphatic rings. The molecular formula is C18H20F2N4OS. The number of nitrogens with zero attached hydrogens (tertiary/aromatic N) is 3. The van der Waals surface area contributed by atoms with Crippen LogP contribution in [0.3, 0.4) is 0 Å². The van der Waals surface area contributed by atoms with E-state index in [1.54, 1.807) is 25.2 Å². The summed E-state index contributed by atoms with van der Waals surface area (Å²) in [6, 6.07) is 7.99. The molecule has 138 valence electrons. The van der Waals surface area contributed by atoms with E-state index < -0.39 is 6.55 Å². The molecule has 0 saturated heterocycles. The van der Waals surface area contributed by atoms with Gasteiger partial charge in [-0.3, -0.25) is 4.79 Å². The first-order chi connectivity index (χ1) is 12.5. The van der Waals surface area contributed by atoms with Crippen molar-refractivity contribution in [2.75, 3.05) is 6.54 Å². The molecule has 0 fully saturated rings. The van der Waals surface area contributed by atoms with Gasteiger partial charge in [-0.05, 0) is 32.4 Å². The summed E-state index contributed by atoms with van der Waals surface area (Å²) < 4.78 is 27.5. The second kappa shape index (κ2) is 7.90. The maximum absolute atomic E-state index is 12.8. The highest BCUT2D eigenvalue weighted by atomic mass is 32.1. The third-order valence-electron chi connectivity index (χ3n) is 4.22. The van der Waals surface area contributed by atoms with Crippen LogP contribution in [0.15, 0.2) is 24.3 Å². The average molecular weight is 378 g/mol. The topological polar surface area (TPSA) is 59.8 Å². The number of alkyl halides is 2. The standard InChI is InChI=1S/C18H20F2N4OS/c1-11-13(12(2)24(23-11)18(19)20)10-16(25)21-9-5-8-17-22-14-6-3-4-7-15(14)26-17/h3-4,6-7,18H,5,8-10H2,1-2H3,(H,21,25).